The second kappa shape index (κ2) is 11.2. The molecule has 0 aliphatic carbocycles. The van der Waals surface area contributed by atoms with Crippen molar-refractivity contribution in [2.24, 2.45) is 7.05 Å². The second-order valence-corrected chi connectivity index (χ2v) is 10.9. The van der Waals surface area contributed by atoms with Crippen molar-refractivity contribution in [1.29, 1.82) is 0 Å². The number of nitrogens with one attached hydrogen (secondary N) is 1. The van der Waals surface area contributed by atoms with Crippen LogP contribution in [0.2, 0.25) is 0 Å². The van der Waals surface area contributed by atoms with Crippen LogP contribution in [0.15, 0.2) is 35.2 Å². The van der Waals surface area contributed by atoms with E-state index >= 15 is 0 Å². The molecular weight excluding hydrogens is 496 g/mol. The number of imidazole rings is 1. The quantitative estimate of drug-likeness (QED) is 0.404. The SMILES string of the molecule is CCc1cc(OC)cc(C)c1S(=O)(=O)N(C)CC(=O)NCC(=O)N(C)Cc1ccc2nc(N)n(C)c2c1. The molecule has 37 heavy (non-hydrogen) atoms. The lowest BCUT2D eigenvalue weighted by atomic mass is 10.1. The van der Waals surface area contributed by atoms with Crippen LogP contribution in [0.3, 0.4) is 0 Å². The van der Waals surface area contributed by atoms with Crippen molar-refractivity contribution < 1.29 is 22.7 Å². The number of carbonyl (C=O) groups excluding carboxylic acids is 2. The van der Waals surface area contributed by atoms with Crippen LogP contribution >= 0.6 is 0 Å². The number of benzene rings is 2. The topological polar surface area (TPSA) is 140 Å². The zero-order valence-electron chi connectivity index (χ0n) is 22.0. The lowest BCUT2D eigenvalue weighted by molar-refractivity contribution is -0.132. The van der Waals surface area contributed by atoms with Crippen LogP contribution in [0.4, 0.5) is 5.95 Å². The molecule has 0 aliphatic heterocycles. The molecule has 3 N–H and O–H groups in total. The Morgan fingerprint density at radius 2 is 1.89 bits per heavy atom. The number of fused-ring (bicyclic) bond motifs is 1. The van der Waals surface area contributed by atoms with Crippen LogP contribution < -0.4 is 15.8 Å². The Hall–Kier alpha value is -3.64. The Balaban J connectivity index is 1.60. The predicted octanol–water partition coefficient (Wildman–Crippen LogP) is 1.43. The summed E-state index contributed by atoms with van der Waals surface area (Å²) >= 11 is 0. The largest absolute Gasteiger partial charge is 0.497 e. The van der Waals surface area contributed by atoms with Crippen LogP contribution in [-0.2, 0) is 39.6 Å². The third-order valence-electron chi connectivity index (χ3n) is 6.24. The minimum atomic E-state index is -3.94. The molecule has 0 bridgehead atoms. The summed E-state index contributed by atoms with van der Waals surface area (Å²) in [5, 5.41) is 2.52. The van der Waals surface area contributed by atoms with Crippen molar-refractivity contribution in [3.05, 3.63) is 47.0 Å². The predicted molar refractivity (Wildman–Crippen MR) is 142 cm³/mol. The zero-order valence-corrected chi connectivity index (χ0v) is 22.8. The first-order chi connectivity index (χ1) is 17.4. The summed E-state index contributed by atoms with van der Waals surface area (Å²) in [4.78, 5) is 31.0. The van der Waals surface area contributed by atoms with E-state index in [1.54, 1.807) is 30.7 Å². The lowest BCUT2D eigenvalue weighted by Gasteiger charge is -2.21. The number of ether oxygens (including phenoxy) is 1. The van der Waals surface area contributed by atoms with Crippen molar-refractivity contribution in [1.82, 2.24) is 24.1 Å². The van der Waals surface area contributed by atoms with E-state index < -0.39 is 22.5 Å². The van der Waals surface area contributed by atoms with Crippen LogP contribution in [0.1, 0.15) is 23.6 Å². The number of sulfonamides is 1. The maximum Gasteiger partial charge on any atom is 0.243 e. The van der Waals surface area contributed by atoms with Gasteiger partial charge in [0.2, 0.25) is 27.8 Å². The molecule has 0 spiro atoms. The van der Waals surface area contributed by atoms with Gasteiger partial charge in [-0.05, 0) is 54.3 Å². The highest BCUT2D eigenvalue weighted by Gasteiger charge is 2.28. The fourth-order valence-electron chi connectivity index (χ4n) is 4.08. The van der Waals surface area contributed by atoms with Crippen molar-refractivity contribution in [2.75, 3.05) is 40.0 Å². The highest BCUT2D eigenvalue weighted by molar-refractivity contribution is 7.89. The van der Waals surface area contributed by atoms with Gasteiger partial charge in [0.05, 0.1) is 36.1 Å². The smallest absolute Gasteiger partial charge is 0.243 e. The number of nitrogens with two attached hydrogens (primary N) is 1. The molecule has 12 heteroatoms. The number of likely N-dealkylation sites (N-methyl/N-ethyl adjacent to an activating group) is 2. The standard InChI is InChI=1S/C25H34N6O5S/c1-7-18-12-19(36-6)10-16(2)24(18)37(34,35)30(4)15-22(32)27-13-23(33)29(3)14-17-8-9-20-21(11-17)31(5)25(26)28-20/h8-12H,7,13-15H2,1-6H3,(H2,26,28)(H,27,32). The molecule has 0 saturated heterocycles. The van der Waals surface area contributed by atoms with Crippen LogP contribution in [0.25, 0.3) is 11.0 Å². The monoisotopic (exact) mass is 530 g/mol. The highest BCUT2D eigenvalue weighted by atomic mass is 32.2. The number of aromatic nitrogens is 2. The molecule has 2 amide bonds. The van der Waals surface area contributed by atoms with E-state index in [2.05, 4.69) is 10.3 Å². The van der Waals surface area contributed by atoms with Crippen LogP contribution in [0, 0.1) is 6.92 Å². The van der Waals surface area contributed by atoms with Gasteiger partial charge in [-0.2, -0.15) is 4.31 Å². The summed E-state index contributed by atoms with van der Waals surface area (Å²) in [7, 11) is 2.36. The summed E-state index contributed by atoms with van der Waals surface area (Å²) in [5.74, 6) is 0.0756. The summed E-state index contributed by atoms with van der Waals surface area (Å²) in [6.07, 6.45) is 0.481. The van der Waals surface area contributed by atoms with E-state index in [0.29, 0.717) is 35.8 Å². The van der Waals surface area contributed by atoms with E-state index in [0.717, 1.165) is 20.9 Å². The molecular formula is C25H34N6O5S. The molecule has 11 nitrogen and oxygen atoms in total. The van der Waals surface area contributed by atoms with Gasteiger partial charge in [0.25, 0.3) is 0 Å². The van der Waals surface area contributed by atoms with Gasteiger partial charge in [-0.1, -0.05) is 13.0 Å². The first kappa shape index (κ1) is 27.9. The Morgan fingerprint density at radius 1 is 1.19 bits per heavy atom. The van der Waals surface area contributed by atoms with Crippen LogP contribution in [0.5, 0.6) is 5.75 Å². The molecule has 0 fully saturated rings. The van der Waals surface area contributed by atoms with Crippen molar-refractivity contribution in [3.63, 3.8) is 0 Å². The van der Waals surface area contributed by atoms with Crippen molar-refractivity contribution in [3.8, 4) is 5.75 Å². The third kappa shape index (κ3) is 6.03. The molecule has 1 aromatic heterocycles. The van der Waals surface area contributed by atoms with E-state index in [9.17, 15) is 18.0 Å². The number of amides is 2. The Morgan fingerprint density at radius 3 is 2.54 bits per heavy atom. The molecule has 200 valence electrons. The van der Waals surface area contributed by atoms with Crippen LogP contribution in [-0.4, -0.2) is 73.3 Å². The molecule has 0 unspecified atom stereocenters. The first-order valence-corrected chi connectivity index (χ1v) is 13.2. The number of anilines is 1. The number of carbonyl (C=O) groups is 2. The Labute approximate surface area is 217 Å². The Bertz CT molecular complexity index is 1430. The molecule has 3 rings (SSSR count). The normalized spacial score (nSPS) is 11.6. The van der Waals surface area contributed by atoms with E-state index in [1.807, 2.05) is 32.2 Å². The fraction of sp³-hybridized carbons (Fsp3) is 0.400. The van der Waals surface area contributed by atoms with Gasteiger partial charge < -0.3 is 25.3 Å². The maximum atomic E-state index is 13.3. The lowest BCUT2D eigenvalue weighted by Crippen LogP contribution is -2.43. The van der Waals surface area contributed by atoms with Gasteiger partial charge in [0.1, 0.15) is 5.75 Å². The molecule has 0 aliphatic rings. The van der Waals surface area contributed by atoms with Gasteiger partial charge in [0, 0.05) is 27.7 Å². The number of hydrogen-bond donors (Lipinski definition) is 2. The van der Waals surface area contributed by atoms with Gasteiger partial charge in [0.15, 0.2) is 0 Å². The number of nitrogen functional groups attached to an aromatic ring is 1. The fourth-order valence-corrected chi connectivity index (χ4v) is 5.68. The number of rotatable bonds is 10. The summed E-state index contributed by atoms with van der Waals surface area (Å²) in [5.41, 5.74) is 9.48. The number of nitrogens with zero attached hydrogens (tertiary/aromatic N) is 4. The van der Waals surface area contributed by atoms with E-state index in [1.165, 1.54) is 19.1 Å². The van der Waals surface area contributed by atoms with Crippen molar-refractivity contribution >= 4 is 38.8 Å². The van der Waals surface area contributed by atoms with Crippen molar-refractivity contribution in [2.45, 2.75) is 31.7 Å². The average molecular weight is 531 g/mol. The number of aryl methyl sites for hydroxylation is 3. The van der Waals surface area contributed by atoms with Gasteiger partial charge >= 0.3 is 0 Å². The molecule has 1 heterocycles. The van der Waals surface area contributed by atoms with E-state index in [4.69, 9.17) is 10.5 Å². The average Bonchev–Trinajstić information content (AvgIpc) is 3.14. The van der Waals surface area contributed by atoms with Gasteiger partial charge in [-0.15, -0.1) is 0 Å². The van der Waals surface area contributed by atoms with E-state index in [-0.39, 0.29) is 17.3 Å². The summed E-state index contributed by atoms with van der Waals surface area (Å²) in [6.45, 7) is 3.18. The minimum absolute atomic E-state index is 0.161. The third-order valence-corrected chi connectivity index (χ3v) is 8.29. The first-order valence-electron chi connectivity index (χ1n) is 11.7. The number of methoxy groups -OCH3 is 1. The summed E-state index contributed by atoms with van der Waals surface area (Å²) < 4.78 is 34.5. The zero-order chi connectivity index (χ0) is 27.5. The Kier molecular flexibility index (Phi) is 8.44. The van der Waals surface area contributed by atoms with Gasteiger partial charge in [-0.3, -0.25) is 9.59 Å². The molecule has 0 atom stereocenters. The highest BCUT2D eigenvalue weighted by Crippen LogP contribution is 2.28. The molecule has 0 saturated carbocycles. The number of hydrogen-bond acceptors (Lipinski definition) is 7. The van der Waals surface area contributed by atoms with Gasteiger partial charge in [-0.25, -0.2) is 13.4 Å². The minimum Gasteiger partial charge on any atom is -0.497 e. The second-order valence-electron chi connectivity index (χ2n) is 8.93. The molecule has 3 aromatic rings. The maximum absolute atomic E-state index is 13.3. The summed E-state index contributed by atoms with van der Waals surface area (Å²) in [6, 6.07) is 8.94. The molecule has 2 aromatic carbocycles. The molecule has 0 radical (unpaired) electrons.